The summed E-state index contributed by atoms with van der Waals surface area (Å²) in [6.45, 7) is 9.19. The first-order valence-electron chi connectivity index (χ1n) is 15.5. The van der Waals surface area contributed by atoms with Crippen molar-refractivity contribution in [3.05, 3.63) is 86.9 Å². The number of aromatic nitrogens is 3. The molecule has 47 heavy (non-hydrogen) atoms. The molecular formula is C35H38Cl2N6O4. The van der Waals surface area contributed by atoms with E-state index in [-0.39, 0.29) is 12.0 Å². The molecular weight excluding hydrogens is 639 g/mol. The molecule has 2 aromatic heterocycles. The first-order chi connectivity index (χ1) is 22.4. The molecule has 2 aliphatic rings. The number of benzene rings is 2. The Balaban J connectivity index is 1.24. The summed E-state index contributed by atoms with van der Waals surface area (Å²) in [5.41, 5.74) is 6.09. The number of amides is 1. The Labute approximate surface area is 284 Å². The van der Waals surface area contributed by atoms with E-state index in [2.05, 4.69) is 25.1 Å². The van der Waals surface area contributed by atoms with Crippen LogP contribution in [0.1, 0.15) is 46.9 Å². The molecule has 0 saturated carbocycles. The number of halogens is 2. The van der Waals surface area contributed by atoms with Crippen LogP contribution in [0.15, 0.2) is 48.7 Å². The van der Waals surface area contributed by atoms with Crippen molar-refractivity contribution in [1.29, 1.82) is 0 Å². The Morgan fingerprint density at radius 3 is 2.47 bits per heavy atom. The fourth-order valence-electron chi connectivity index (χ4n) is 6.24. The van der Waals surface area contributed by atoms with E-state index in [9.17, 15) is 15.0 Å². The van der Waals surface area contributed by atoms with Crippen molar-refractivity contribution >= 4 is 34.8 Å². The van der Waals surface area contributed by atoms with Crippen molar-refractivity contribution in [2.45, 2.75) is 52.0 Å². The number of aryl methyl sites for hydroxylation is 1. The molecule has 0 unspecified atom stereocenters. The van der Waals surface area contributed by atoms with Crippen LogP contribution in [-0.2, 0) is 19.5 Å². The quantitative estimate of drug-likeness (QED) is 0.214. The minimum absolute atomic E-state index is 0.300. The van der Waals surface area contributed by atoms with Crippen molar-refractivity contribution in [3.8, 4) is 28.3 Å². The van der Waals surface area contributed by atoms with Crippen molar-refractivity contribution in [2.24, 2.45) is 0 Å². The van der Waals surface area contributed by atoms with Gasteiger partial charge in [-0.1, -0.05) is 53.5 Å². The molecule has 246 valence electrons. The lowest BCUT2D eigenvalue weighted by Crippen LogP contribution is -2.50. The molecule has 6 rings (SSSR count). The SMILES string of the molecule is COc1nc(-c2cccc(-c3cccc(NC(=O)c4cc(C)c5c(n4)CN(CC(C)(C)O)CC5)c3Cl)c2Cl)cnc1CN1CC(O)C1. The van der Waals surface area contributed by atoms with Crippen LogP contribution in [0, 0.1) is 6.92 Å². The van der Waals surface area contributed by atoms with Gasteiger partial charge in [0.05, 0.1) is 52.1 Å². The van der Waals surface area contributed by atoms with E-state index in [1.165, 1.54) is 0 Å². The Morgan fingerprint density at radius 1 is 1.06 bits per heavy atom. The number of hydrogen-bond acceptors (Lipinski definition) is 9. The summed E-state index contributed by atoms with van der Waals surface area (Å²) in [6.07, 6.45) is 2.16. The molecule has 0 atom stereocenters. The number of pyridine rings is 1. The van der Waals surface area contributed by atoms with Crippen molar-refractivity contribution in [2.75, 3.05) is 38.6 Å². The number of ether oxygens (including phenoxy) is 1. The van der Waals surface area contributed by atoms with Crippen LogP contribution in [0.25, 0.3) is 22.4 Å². The average molecular weight is 678 g/mol. The average Bonchev–Trinajstić information content (AvgIpc) is 3.01. The third-order valence-electron chi connectivity index (χ3n) is 8.46. The number of carbonyl (C=O) groups excluding carboxylic acids is 1. The minimum atomic E-state index is -0.823. The monoisotopic (exact) mass is 676 g/mol. The fraction of sp³-hybridized carbons (Fsp3) is 0.371. The molecule has 4 heterocycles. The van der Waals surface area contributed by atoms with Gasteiger partial charge in [-0.25, -0.2) is 9.97 Å². The maximum absolute atomic E-state index is 13.5. The van der Waals surface area contributed by atoms with Gasteiger partial charge in [0.2, 0.25) is 5.88 Å². The Morgan fingerprint density at radius 2 is 1.77 bits per heavy atom. The molecule has 10 nitrogen and oxygen atoms in total. The number of β-amino-alcohol motifs (C(OH)–C–C–N with tert-alkyl or cyclic N) is 2. The first kappa shape index (κ1) is 33.3. The Bertz CT molecular complexity index is 1820. The van der Waals surface area contributed by atoms with E-state index in [1.807, 2.05) is 43.3 Å². The molecule has 0 radical (unpaired) electrons. The minimum Gasteiger partial charge on any atom is -0.480 e. The second-order valence-corrected chi connectivity index (χ2v) is 13.6. The van der Waals surface area contributed by atoms with Crippen LogP contribution < -0.4 is 10.1 Å². The predicted octanol–water partition coefficient (Wildman–Crippen LogP) is 5.39. The molecule has 4 aromatic rings. The van der Waals surface area contributed by atoms with Gasteiger partial charge in [-0.15, -0.1) is 0 Å². The normalized spacial score (nSPS) is 15.7. The first-order valence-corrected chi connectivity index (χ1v) is 16.3. The summed E-state index contributed by atoms with van der Waals surface area (Å²) in [5.74, 6) is 0.0219. The van der Waals surface area contributed by atoms with Gasteiger partial charge in [0.1, 0.15) is 11.4 Å². The summed E-state index contributed by atoms with van der Waals surface area (Å²) in [5, 5.41) is 23.6. The van der Waals surface area contributed by atoms with Crippen molar-refractivity contribution in [1.82, 2.24) is 24.8 Å². The number of hydrogen-bond donors (Lipinski definition) is 3. The molecule has 1 amide bonds. The molecule has 0 bridgehead atoms. The van der Waals surface area contributed by atoms with Crippen LogP contribution in [0.5, 0.6) is 5.88 Å². The number of fused-ring (bicyclic) bond motifs is 1. The van der Waals surface area contributed by atoms with Gasteiger partial charge < -0.3 is 20.3 Å². The summed E-state index contributed by atoms with van der Waals surface area (Å²) in [4.78, 5) is 31.7. The molecule has 1 fully saturated rings. The lowest BCUT2D eigenvalue weighted by Gasteiger charge is -2.35. The molecule has 0 aliphatic carbocycles. The Kier molecular flexibility index (Phi) is 9.53. The molecule has 1 saturated heterocycles. The van der Waals surface area contributed by atoms with Crippen molar-refractivity contribution < 1.29 is 19.7 Å². The Hall–Kier alpha value is -3.64. The van der Waals surface area contributed by atoms with Crippen molar-refractivity contribution in [3.63, 3.8) is 0 Å². The van der Waals surface area contributed by atoms with Gasteiger partial charge in [0, 0.05) is 56.0 Å². The van der Waals surface area contributed by atoms with E-state index in [4.69, 9.17) is 32.9 Å². The van der Waals surface area contributed by atoms with Crippen LogP contribution >= 0.6 is 23.2 Å². The highest BCUT2D eigenvalue weighted by atomic mass is 35.5. The number of carbonyl (C=O) groups is 1. The second kappa shape index (κ2) is 13.5. The molecule has 12 heteroatoms. The summed E-state index contributed by atoms with van der Waals surface area (Å²) < 4.78 is 5.54. The van der Waals surface area contributed by atoms with E-state index in [0.717, 1.165) is 29.8 Å². The standard InChI is InChI=1S/C35H38Cl2N6O4/c1-20-13-27(39-29-17-42(12-11-22(20)29)19-35(2,3)46)33(45)40-26-10-6-8-24(32(26)37)23-7-5-9-25(31(23)36)28-14-38-30(34(41-28)47-4)18-43-15-21(44)16-43/h5-10,13-14,21,44,46H,11-12,15-19H2,1-4H3,(H,40,45). The zero-order chi connectivity index (χ0) is 33.5. The maximum atomic E-state index is 13.5. The number of anilines is 1. The number of rotatable bonds is 9. The van der Waals surface area contributed by atoms with E-state index < -0.39 is 5.60 Å². The van der Waals surface area contributed by atoms with Crippen LogP contribution in [-0.4, -0.2) is 85.9 Å². The van der Waals surface area contributed by atoms with Gasteiger partial charge in [0.15, 0.2) is 0 Å². The largest absolute Gasteiger partial charge is 0.480 e. The zero-order valence-corrected chi connectivity index (χ0v) is 28.4. The third-order valence-corrected chi connectivity index (χ3v) is 9.27. The zero-order valence-electron chi connectivity index (χ0n) is 26.8. The topological polar surface area (TPSA) is 124 Å². The number of aliphatic hydroxyl groups is 2. The van der Waals surface area contributed by atoms with Gasteiger partial charge >= 0.3 is 0 Å². The summed E-state index contributed by atoms with van der Waals surface area (Å²) >= 11 is 13.9. The number of methoxy groups -OCH3 is 1. The third kappa shape index (κ3) is 7.28. The summed E-state index contributed by atoms with van der Waals surface area (Å²) in [6, 6.07) is 12.8. The fourth-order valence-corrected chi connectivity index (χ4v) is 6.84. The predicted molar refractivity (Wildman–Crippen MR) is 183 cm³/mol. The highest BCUT2D eigenvalue weighted by Crippen LogP contribution is 2.41. The van der Waals surface area contributed by atoms with Gasteiger partial charge in [0.25, 0.3) is 5.91 Å². The van der Waals surface area contributed by atoms with E-state index in [1.54, 1.807) is 33.2 Å². The molecule has 2 aromatic carbocycles. The van der Waals surface area contributed by atoms with Crippen LogP contribution in [0.2, 0.25) is 10.0 Å². The summed E-state index contributed by atoms with van der Waals surface area (Å²) in [7, 11) is 1.55. The second-order valence-electron chi connectivity index (χ2n) is 12.9. The molecule has 3 N–H and O–H groups in total. The lowest BCUT2D eigenvalue weighted by molar-refractivity contribution is -0.00403. The molecule has 0 spiro atoms. The van der Waals surface area contributed by atoms with Gasteiger partial charge in [-0.2, -0.15) is 0 Å². The maximum Gasteiger partial charge on any atom is 0.274 e. The number of nitrogens with one attached hydrogen (secondary N) is 1. The molecule has 2 aliphatic heterocycles. The highest BCUT2D eigenvalue weighted by Gasteiger charge is 2.27. The number of likely N-dealkylation sites (tertiary alicyclic amines) is 1. The van der Waals surface area contributed by atoms with Crippen LogP contribution in [0.4, 0.5) is 5.69 Å². The van der Waals surface area contributed by atoms with Gasteiger partial charge in [-0.05, 0) is 50.5 Å². The smallest absolute Gasteiger partial charge is 0.274 e. The number of aliphatic hydroxyl groups excluding tert-OH is 1. The van der Waals surface area contributed by atoms with E-state index >= 15 is 0 Å². The highest BCUT2D eigenvalue weighted by molar-refractivity contribution is 6.39. The van der Waals surface area contributed by atoms with E-state index in [0.29, 0.717) is 88.1 Å². The number of nitrogens with zero attached hydrogens (tertiary/aromatic N) is 5. The van der Waals surface area contributed by atoms with Crippen LogP contribution in [0.3, 0.4) is 0 Å². The lowest BCUT2D eigenvalue weighted by atomic mass is 9.97. The van der Waals surface area contributed by atoms with Gasteiger partial charge in [-0.3, -0.25) is 19.6 Å².